The van der Waals surface area contributed by atoms with Crippen LogP contribution in [0.15, 0.2) is 35.6 Å². The number of amides is 1. The van der Waals surface area contributed by atoms with Gasteiger partial charge in [0.25, 0.3) is 5.91 Å². The van der Waals surface area contributed by atoms with Crippen molar-refractivity contribution in [3.8, 4) is 6.07 Å². The second-order valence-electron chi connectivity index (χ2n) is 3.75. The van der Waals surface area contributed by atoms with Crippen molar-refractivity contribution in [3.63, 3.8) is 0 Å². The van der Waals surface area contributed by atoms with Gasteiger partial charge in [0.15, 0.2) is 5.57 Å². The summed E-state index contributed by atoms with van der Waals surface area (Å²) in [5.74, 6) is -0.108. The third-order valence-corrected chi connectivity index (χ3v) is 2.45. The molecule has 4 nitrogen and oxygen atoms in total. The SMILES string of the molecule is CCOC(C)=C(C#N)C(=O)Nc1ccccc1C. The minimum atomic E-state index is -0.447. The normalized spacial score (nSPS) is 11.2. The largest absolute Gasteiger partial charge is 0.497 e. The van der Waals surface area contributed by atoms with E-state index < -0.39 is 5.91 Å². The molecule has 94 valence electrons. The Morgan fingerprint density at radius 3 is 2.67 bits per heavy atom. The summed E-state index contributed by atoms with van der Waals surface area (Å²) >= 11 is 0. The van der Waals surface area contributed by atoms with Gasteiger partial charge in [-0.2, -0.15) is 5.26 Å². The zero-order valence-corrected chi connectivity index (χ0v) is 10.8. The highest BCUT2D eigenvalue weighted by Crippen LogP contribution is 2.15. The summed E-state index contributed by atoms with van der Waals surface area (Å²) in [6, 6.07) is 9.26. The number of nitrogens with one attached hydrogen (secondary N) is 1. The lowest BCUT2D eigenvalue weighted by Crippen LogP contribution is -2.16. The van der Waals surface area contributed by atoms with Crippen molar-refractivity contribution in [1.29, 1.82) is 5.26 Å². The van der Waals surface area contributed by atoms with Crippen molar-refractivity contribution in [2.45, 2.75) is 20.8 Å². The Balaban J connectivity index is 2.92. The minimum Gasteiger partial charge on any atom is -0.497 e. The molecule has 1 aromatic rings. The van der Waals surface area contributed by atoms with Crippen molar-refractivity contribution >= 4 is 11.6 Å². The Kier molecular flexibility index (Phi) is 4.94. The topological polar surface area (TPSA) is 62.1 Å². The number of hydrogen-bond acceptors (Lipinski definition) is 3. The lowest BCUT2D eigenvalue weighted by atomic mass is 10.2. The summed E-state index contributed by atoms with van der Waals surface area (Å²) in [6.45, 7) is 5.73. The first-order valence-corrected chi connectivity index (χ1v) is 5.70. The van der Waals surface area contributed by atoms with Crippen molar-refractivity contribution in [1.82, 2.24) is 0 Å². The lowest BCUT2D eigenvalue weighted by Gasteiger charge is -2.09. The Morgan fingerprint density at radius 1 is 1.44 bits per heavy atom. The van der Waals surface area contributed by atoms with Gasteiger partial charge in [0.2, 0.25) is 0 Å². The third kappa shape index (κ3) is 3.36. The molecule has 4 heteroatoms. The highest BCUT2D eigenvalue weighted by atomic mass is 16.5. The zero-order chi connectivity index (χ0) is 13.5. The van der Waals surface area contributed by atoms with Gasteiger partial charge in [-0.15, -0.1) is 0 Å². The van der Waals surface area contributed by atoms with Crippen LogP contribution < -0.4 is 5.32 Å². The molecule has 1 amide bonds. The number of hydrogen-bond donors (Lipinski definition) is 1. The fraction of sp³-hybridized carbons (Fsp3) is 0.286. The monoisotopic (exact) mass is 244 g/mol. The molecule has 0 heterocycles. The number of anilines is 1. The van der Waals surface area contributed by atoms with E-state index in [1.54, 1.807) is 19.9 Å². The molecule has 1 N–H and O–H groups in total. The quantitative estimate of drug-likeness (QED) is 0.503. The van der Waals surface area contributed by atoms with Gasteiger partial charge in [-0.1, -0.05) is 18.2 Å². The highest BCUT2D eigenvalue weighted by molar-refractivity contribution is 6.07. The molecule has 0 aromatic heterocycles. The van der Waals surface area contributed by atoms with Crippen LogP contribution >= 0.6 is 0 Å². The lowest BCUT2D eigenvalue weighted by molar-refractivity contribution is -0.112. The molecule has 0 unspecified atom stereocenters. The van der Waals surface area contributed by atoms with Crippen molar-refractivity contribution in [2.75, 3.05) is 11.9 Å². The van der Waals surface area contributed by atoms with Crippen molar-refractivity contribution < 1.29 is 9.53 Å². The maximum absolute atomic E-state index is 11.9. The molecule has 0 aliphatic rings. The molecule has 0 fully saturated rings. The number of nitrogens with zero attached hydrogens (tertiary/aromatic N) is 1. The summed E-state index contributed by atoms with van der Waals surface area (Å²) in [5, 5.41) is 11.7. The number of carbonyl (C=O) groups is 1. The van der Waals surface area contributed by atoms with E-state index in [0.29, 0.717) is 18.1 Å². The van der Waals surface area contributed by atoms with Gasteiger partial charge in [-0.25, -0.2) is 0 Å². The summed E-state index contributed by atoms with van der Waals surface area (Å²) in [6.07, 6.45) is 0. The summed E-state index contributed by atoms with van der Waals surface area (Å²) in [7, 11) is 0. The first kappa shape index (κ1) is 13.8. The molecule has 1 rings (SSSR count). The predicted octanol–water partition coefficient (Wildman–Crippen LogP) is 2.77. The minimum absolute atomic E-state index is 0.0000954. The molecule has 0 atom stereocenters. The summed E-state index contributed by atoms with van der Waals surface area (Å²) in [4.78, 5) is 11.9. The highest BCUT2D eigenvalue weighted by Gasteiger charge is 2.14. The van der Waals surface area contributed by atoms with E-state index in [4.69, 9.17) is 10.00 Å². The van der Waals surface area contributed by atoms with Gasteiger partial charge in [0.1, 0.15) is 11.8 Å². The van der Waals surface area contributed by atoms with Gasteiger partial charge >= 0.3 is 0 Å². The number of carbonyl (C=O) groups excluding carboxylic acids is 1. The van der Waals surface area contributed by atoms with Gasteiger partial charge in [0.05, 0.1) is 6.61 Å². The van der Waals surface area contributed by atoms with E-state index in [1.807, 2.05) is 31.2 Å². The van der Waals surface area contributed by atoms with Crippen LogP contribution in [0.1, 0.15) is 19.4 Å². The molecular weight excluding hydrogens is 228 g/mol. The molecule has 0 spiro atoms. The number of allylic oxidation sites excluding steroid dienone is 1. The van der Waals surface area contributed by atoms with Crippen LogP contribution in [0.5, 0.6) is 0 Å². The maximum Gasteiger partial charge on any atom is 0.269 e. The van der Waals surface area contributed by atoms with Gasteiger partial charge in [-0.05, 0) is 32.4 Å². The smallest absolute Gasteiger partial charge is 0.269 e. The van der Waals surface area contributed by atoms with Crippen LogP contribution in [0.25, 0.3) is 0 Å². The number of nitriles is 1. The molecule has 18 heavy (non-hydrogen) atoms. The van der Waals surface area contributed by atoms with Gasteiger partial charge in [-0.3, -0.25) is 4.79 Å². The maximum atomic E-state index is 11.9. The second-order valence-corrected chi connectivity index (χ2v) is 3.75. The van der Waals surface area contributed by atoms with E-state index in [-0.39, 0.29) is 5.57 Å². The molecular formula is C14H16N2O2. The predicted molar refractivity (Wildman–Crippen MR) is 69.7 cm³/mol. The Labute approximate surface area is 107 Å². The zero-order valence-electron chi connectivity index (χ0n) is 10.8. The molecule has 0 saturated heterocycles. The van der Waals surface area contributed by atoms with Crippen LogP contribution in [0, 0.1) is 18.3 Å². The molecule has 0 saturated carbocycles. The van der Waals surface area contributed by atoms with Crippen molar-refractivity contribution in [2.24, 2.45) is 0 Å². The summed E-state index contributed by atoms with van der Waals surface area (Å²) in [5.41, 5.74) is 1.64. The Hall–Kier alpha value is -2.28. The van der Waals surface area contributed by atoms with Gasteiger partial charge < -0.3 is 10.1 Å². The van der Waals surface area contributed by atoms with E-state index in [1.165, 1.54) is 0 Å². The average Bonchev–Trinajstić information content (AvgIpc) is 2.33. The van der Waals surface area contributed by atoms with Crippen molar-refractivity contribution in [3.05, 3.63) is 41.2 Å². The van der Waals surface area contributed by atoms with E-state index in [0.717, 1.165) is 5.56 Å². The summed E-state index contributed by atoms with van der Waals surface area (Å²) < 4.78 is 5.18. The molecule has 0 radical (unpaired) electrons. The van der Waals surface area contributed by atoms with Gasteiger partial charge in [0, 0.05) is 5.69 Å². The molecule has 0 aliphatic carbocycles. The van der Waals surface area contributed by atoms with E-state index in [9.17, 15) is 4.79 Å². The van der Waals surface area contributed by atoms with Crippen LogP contribution in [-0.2, 0) is 9.53 Å². The van der Waals surface area contributed by atoms with Crippen LogP contribution in [0.3, 0.4) is 0 Å². The van der Waals surface area contributed by atoms with Crippen LogP contribution in [0.4, 0.5) is 5.69 Å². The Bertz CT molecular complexity index is 513. The first-order valence-electron chi connectivity index (χ1n) is 5.70. The third-order valence-electron chi connectivity index (χ3n) is 2.45. The van der Waals surface area contributed by atoms with E-state index >= 15 is 0 Å². The molecule has 1 aromatic carbocycles. The number of benzene rings is 1. The molecule has 0 aliphatic heterocycles. The van der Waals surface area contributed by atoms with Crippen LogP contribution in [-0.4, -0.2) is 12.5 Å². The number of para-hydroxylation sites is 1. The first-order chi connectivity index (χ1) is 8.60. The fourth-order valence-corrected chi connectivity index (χ4v) is 1.48. The second kappa shape index (κ2) is 6.45. The number of rotatable bonds is 4. The number of aryl methyl sites for hydroxylation is 1. The standard InChI is InChI=1S/C14H16N2O2/c1-4-18-11(3)12(9-15)14(17)16-13-8-6-5-7-10(13)2/h5-8H,4H2,1-3H3,(H,16,17). The molecule has 0 bridgehead atoms. The Morgan fingerprint density at radius 2 is 2.11 bits per heavy atom. The fourth-order valence-electron chi connectivity index (χ4n) is 1.48. The number of ether oxygens (including phenoxy) is 1. The average molecular weight is 244 g/mol. The van der Waals surface area contributed by atoms with E-state index in [2.05, 4.69) is 5.32 Å². The van der Waals surface area contributed by atoms with Crippen LogP contribution in [0.2, 0.25) is 0 Å².